The molecular weight excluding hydrogens is 328 g/mol. The summed E-state index contributed by atoms with van der Waals surface area (Å²) in [7, 11) is 0. The standard InChI is InChI=1S/C17H18N2O6/c20-13(15(21)14-12(16(22)23)7-4-8-18-14)9-19-17(24)25-10-11-5-2-1-3-6-11/h1-8,13,15,20-21H,9-10H2,(H,19,24)(H,22,23). The van der Waals surface area contributed by atoms with Gasteiger partial charge in [0.05, 0.1) is 11.3 Å². The molecule has 0 spiro atoms. The molecule has 0 aliphatic rings. The first-order valence-corrected chi connectivity index (χ1v) is 7.48. The lowest BCUT2D eigenvalue weighted by molar-refractivity contribution is 0.0148. The maximum absolute atomic E-state index is 11.6. The van der Waals surface area contributed by atoms with Crippen molar-refractivity contribution in [2.75, 3.05) is 6.54 Å². The van der Waals surface area contributed by atoms with E-state index in [1.165, 1.54) is 18.3 Å². The summed E-state index contributed by atoms with van der Waals surface area (Å²) >= 11 is 0. The molecule has 1 heterocycles. The van der Waals surface area contributed by atoms with Crippen LogP contribution in [0.4, 0.5) is 4.79 Å². The Bertz CT molecular complexity index is 722. The molecule has 2 aromatic rings. The lowest BCUT2D eigenvalue weighted by atomic mass is 10.0. The van der Waals surface area contributed by atoms with Crippen LogP contribution in [0.25, 0.3) is 0 Å². The van der Waals surface area contributed by atoms with Crippen LogP contribution in [0, 0.1) is 0 Å². The van der Waals surface area contributed by atoms with Gasteiger partial charge in [-0.3, -0.25) is 4.98 Å². The van der Waals surface area contributed by atoms with Crippen molar-refractivity contribution in [2.24, 2.45) is 0 Å². The number of aromatic nitrogens is 1. The van der Waals surface area contributed by atoms with Crippen molar-refractivity contribution in [3.05, 3.63) is 65.5 Å². The summed E-state index contributed by atoms with van der Waals surface area (Å²) in [6.45, 7) is -0.265. The number of hydrogen-bond donors (Lipinski definition) is 4. The third-order valence-electron chi connectivity index (χ3n) is 3.38. The van der Waals surface area contributed by atoms with Gasteiger partial charge in [-0.05, 0) is 17.7 Å². The van der Waals surface area contributed by atoms with Gasteiger partial charge in [0.1, 0.15) is 18.8 Å². The van der Waals surface area contributed by atoms with Gasteiger partial charge in [-0.15, -0.1) is 0 Å². The van der Waals surface area contributed by atoms with Crippen LogP contribution in [0.1, 0.15) is 27.7 Å². The number of alkyl carbamates (subject to hydrolysis) is 1. The molecule has 4 N–H and O–H groups in total. The summed E-state index contributed by atoms with van der Waals surface area (Å²) in [4.78, 5) is 26.5. The predicted molar refractivity (Wildman–Crippen MR) is 86.8 cm³/mol. The minimum atomic E-state index is -1.57. The molecule has 0 fully saturated rings. The fourth-order valence-electron chi connectivity index (χ4n) is 2.09. The number of carboxylic acids is 1. The van der Waals surface area contributed by atoms with Crippen LogP contribution < -0.4 is 5.32 Å². The molecule has 8 nitrogen and oxygen atoms in total. The fourth-order valence-corrected chi connectivity index (χ4v) is 2.09. The molecule has 25 heavy (non-hydrogen) atoms. The van der Waals surface area contributed by atoms with Gasteiger partial charge in [0.15, 0.2) is 0 Å². The molecule has 0 radical (unpaired) electrons. The molecular formula is C17H18N2O6. The normalized spacial score (nSPS) is 12.9. The number of pyridine rings is 1. The molecule has 1 aromatic heterocycles. The Hall–Kier alpha value is -2.97. The number of ether oxygens (including phenoxy) is 1. The molecule has 0 aliphatic heterocycles. The SMILES string of the molecule is O=C(NCC(O)C(O)c1ncccc1C(=O)O)OCc1ccccc1. The van der Waals surface area contributed by atoms with Gasteiger partial charge in [0.2, 0.25) is 0 Å². The predicted octanol–water partition coefficient (Wildman–Crippen LogP) is 1.10. The van der Waals surface area contributed by atoms with Crippen molar-refractivity contribution >= 4 is 12.1 Å². The molecule has 2 rings (SSSR count). The Morgan fingerprint density at radius 1 is 1.12 bits per heavy atom. The highest BCUT2D eigenvalue weighted by Crippen LogP contribution is 2.18. The molecule has 8 heteroatoms. The number of nitrogens with zero attached hydrogens (tertiary/aromatic N) is 1. The van der Waals surface area contributed by atoms with Crippen molar-refractivity contribution < 1.29 is 29.6 Å². The van der Waals surface area contributed by atoms with E-state index in [4.69, 9.17) is 9.84 Å². The van der Waals surface area contributed by atoms with Gasteiger partial charge in [-0.25, -0.2) is 9.59 Å². The van der Waals surface area contributed by atoms with Crippen LogP contribution in [0.2, 0.25) is 0 Å². The average molecular weight is 346 g/mol. The Morgan fingerprint density at radius 3 is 2.52 bits per heavy atom. The van der Waals surface area contributed by atoms with Crippen LogP contribution in [-0.2, 0) is 11.3 Å². The fraction of sp³-hybridized carbons (Fsp3) is 0.235. The minimum absolute atomic E-state index is 0.0642. The second-order valence-electron chi connectivity index (χ2n) is 5.20. The molecule has 1 amide bonds. The molecule has 0 saturated carbocycles. The van der Waals surface area contributed by atoms with Gasteiger partial charge in [-0.1, -0.05) is 30.3 Å². The summed E-state index contributed by atoms with van der Waals surface area (Å²) in [5.74, 6) is -1.27. The number of nitrogens with one attached hydrogen (secondary N) is 1. The maximum Gasteiger partial charge on any atom is 0.407 e. The van der Waals surface area contributed by atoms with E-state index in [2.05, 4.69) is 10.3 Å². The van der Waals surface area contributed by atoms with Crippen molar-refractivity contribution in [3.63, 3.8) is 0 Å². The average Bonchev–Trinajstić information content (AvgIpc) is 2.64. The van der Waals surface area contributed by atoms with E-state index in [0.29, 0.717) is 0 Å². The van der Waals surface area contributed by atoms with E-state index < -0.39 is 24.3 Å². The molecule has 0 saturated heterocycles. The Kier molecular flexibility index (Phi) is 6.44. The molecule has 132 valence electrons. The Morgan fingerprint density at radius 2 is 1.84 bits per heavy atom. The zero-order chi connectivity index (χ0) is 18.2. The highest BCUT2D eigenvalue weighted by Gasteiger charge is 2.25. The largest absolute Gasteiger partial charge is 0.478 e. The summed E-state index contributed by atoms with van der Waals surface area (Å²) in [6, 6.07) is 11.7. The molecule has 2 unspecified atom stereocenters. The van der Waals surface area contributed by atoms with Crippen molar-refractivity contribution in [1.82, 2.24) is 10.3 Å². The van der Waals surface area contributed by atoms with Crippen LogP contribution in [0.3, 0.4) is 0 Å². The van der Waals surface area contributed by atoms with Gasteiger partial charge in [-0.2, -0.15) is 0 Å². The summed E-state index contributed by atoms with van der Waals surface area (Å²) in [5, 5.41) is 31.4. The summed E-state index contributed by atoms with van der Waals surface area (Å²) in [6.07, 6.45) is -2.48. The molecule has 0 bridgehead atoms. The third-order valence-corrected chi connectivity index (χ3v) is 3.38. The van der Waals surface area contributed by atoms with Gasteiger partial charge >= 0.3 is 12.1 Å². The third kappa shape index (κ3) is 5.27. The number of aliphatic hydroxyl groups excluding tert-OH is 2. The molecule has 0 aliphatic carbocycles. The van der Waals surface area contributed by atoms with Gasteiger partial charge < -0.3 is 25.4 Å². The highest BCUT2D eigenvalue weighted by atomic mass is 16.5. The number of amides is 1. The summed E-state index contributed by atoms with van der Waals surface area (Å²) in [5.41, 5.74) is 0.403. The van der Waals surface area contributed by atoms with Crippen LogP contribution in [0.5, 0.6) is 0 Å². The van der Waals surface area contributed by atoms with E-state index in [0.717, 1.165) is 5.56 Å². The van der Waals surface area contributed by atoms with Crippen LogP contribution in [-0.4, -0.2) is 45.0 Å². The monoisotopic (exact) mass is 346 g/mol. The quantitative estimate of drug-likeness (QED) is 0.591. The van der Waals surface area contributed by atoms with Crippen LogP contribution in [0.15, 0.2) is 48.7 Å². The highest BCUT2D eigenvalue weighted by molar-refractivity contribution is 5.88. The first-order valence-electron chi connectivity index (χ1n) is 7.48. The Labute approximate surface area is 143 Å². The second kappa shape index (κ2) is 8.76. The number of hydrogen-bond acceptors (Lipinski definition) is 6. The Balaban J connectivity index is 1.86. The molecule has 1 aromatic carbocycles. The zero-order valence-corrected chi connectivity index (χ0v) is 13.2. The van der Waals surface area contributed by atoms with Gasteiger partial charge in [0.25, 0.3) is 0 Å². The van der Waals surface area contributed by atoms with E-state index in [1.54, 1.807) is 12.1 Å². The number of carbonyl (C=O) groups is 2. The first kappa shape index (κ1) is 18.4. The van der Waals surface area contributed by atoms with E-state index in [1.807, 2.05) is 18.2 Å². The van der Waals surface area contributed by atoms with E-state index >= 15 is 0 Å². The number of carboxylic acid groups (broad SMARTS) is 1. The number of aromatic carboxylic acids is 1. The van der Waals surface area contributed by atoms with Crippen molar-refractivity contribution in [3.8, 4) is 0 Å². The minimum Gasteiger partial charge on any atom is -0.478 e. The smallest absolute Gasteiger partial charge is 0.407 e. The number of carbonyl (C=O) groups excluding carboxylic acids is 1. The number of aliphatic hydroxyl groups is 2. The van der Waals surface area contributed by atoms with E-state index in [9.17, 15) is 19.8 Å². The number of benzene rings is 1. The topological polar surface area (TPSA) is 129 Å². The lowest BCUT2D eigenvalue weighted by Crippen LogP contribution is -2.36. The lowest BCUT2D eigenvalue weighted by Gasteiger charge is -2.19. The second-order valence-corrected chi connectivity index (χ2v) is 5.20. The van der Waals surface area contributed by atoms with Crippen molar-refractivity contribution in [1.29, 1.82) is 0 Å². The van der Waals surface area contributed by atoms with Crippen LogP contribution >= 0.6 is 0 Å². The van der Waals surface area contributed by atoms with E-state index in [-0.39, 0.29) is 24.4 Å². The van der Waals surface area contributed by atoms with Crippen molar-refractivity contribution in [2.45, 2.75) is 18.8 Å². The molecule has 2 atom stereocenters. The van der Waals surface area contributed by atoms with Gasteiger partial charge in [0, 0.05) is 12.7 Å². The zero-order valence-electron chi connectivity index (χ0n) is 13.2. The number of rotatable bonds is 7. The summed E-state index contributed by atoms with van der Waals surface area (Å²) < 4.78 is 4.97. The first-order chi connectivity index (χ1) is 12.0. The maximum atomic E-state index is 11.6.